The Hall–Kier alpha value is -3.12. The van der Waals surface area contributed by atoms with Crippen LogP contribution in [0.15, 0.2) is 24.3 Å². The second-order valence-electron chi connectivity index (χ2n) is 3.95. The summed E-state index contributed by atoms with van der Waals surface area (Å²) in [6.07, 6.45) is 0. The van der Waals surface area contributed by atoms with Gasteiger partial charge in [-0.2, -0.15) is 10.5 Å². The number of hydrogen-bond acceptors (Lipinski definition) is 6. The number of nitriles is 2. The van der Waals surface area contributed by atoms with Gasteiger partial charge in [-0.25, -0.2) is 9.97 Å². The van der Waals surface area contributed by atoms with Crippen molar-refractivity contribution in [2.24, 2.45) is 0 Å². The fourth-order valence-electron chi connectivity index (χ4n) is 1.72. The predicted molar refractivity (Wildman–Crippen MR) is 72.5 cm³/mol. The normalized spacial score (nSPS) is 9.40. The smallest absolute Gasteiger partial charge is 0.228 e. The number of aryl methyl sites for hydroxylation is 1. The first-order chi connectivity index (χ1) is 9.67. The number of nitrogens with one attached hydrogen (secondary N) is 1. The van der Waals surface area contributed by atoms with Crippen LogP contribution in [0.25, 0.3) is 0 Å². The van der Waals surface area contributed by atoms with Crippen LogP contribution in [0.4, 0.5) is 11.6 Å². The zero-order valence-electron chi connectivity index (χ0n) is 11.0. The van der Waals surface area contributed by atoms with Crippen LogP contribution in [-0.4, -0.2) is 17.1 Å². The lowest BCUT2D eigenvalue weighted by Crippen LogP contribution is -2.03. The number of para-hydroxylation sites is 1. The highest BCUT2D eigenvalue weighted by atomic mass is 16.5. The van der Waals surface area contributed by atoms with Gasteiger partial charge in [0.1, 0.15) is 29.3 Å². The molecule has 98 valence electrons. The zero-order valence-corrected chi connectivity index (χ0v) is 11.0. The Balaban J connectivity index is 2.48. The second-order valence-corrected chi connectivity index (χ2v) is 3.95. The molecule has 2 aromatic rings. The molecule has 0 saturated carbocycles. The Bertz CT molecular complexity index is 727. The Morgan fingerprint density at radius 2 is 2.00 bits per heavy atom. The highest BCUT2D eigenvalue weighted by molar-refractivity contribution is 5.70. The van der Waals surface area contributed by atoms with E-state index in [1.807, 2.05) is 6.07 Å². The largest absolute Gasteiger partial charge is 0.495 e. The van der Waals surface area contributed by atoms with E-state index in [0.717, 1.165) is 0 Å². The van der Waals surface area contributed by atoms with Crippen LogP contribution in [0.5, 0.6) is 5.75 Å². The predicted octanol–water partition coefficient (Wildman–Crippen LogP) is 2.28. The molecule has 0 spiro atoms. The maximum absolute atomic E-state index is 9.13. The van der Waals surface area contributed by atoms with Crippen LogP contribution in [0.3, 0.4) is 0 Å². The SMILES string of the molecule is COc1cccc(C#N)c1Nc1nc(C)cc(C#N)n1. The standard InChI is InChI=1S/C14H11N5O/c1-9-6-11(8-16)18-14(17-9)19-13-10(7-15)4-3-5-12(13)20-2/h3-6H,1-2H3,(H,17,18,19). The van der Waals surface area contributed by atoms with Crippen LogP contribution in [0, 0.1) is 29.6 Å². The number of ether oxygens (including phenoxy) is 1. The Labute approximate surface area is 116 Å². The maximum atomic E-state index is 9.13. The lowest BCUT2D eigenvalue weighted by Gasteiger charge is -2.11. The molecule has 0 radical (unpaired) electrons. The van der Waals surface area contributed by atoms with E-state index in [4.69, 9.17) is 15.3 Å². The fraction of sp³-hybridized carbons (Fsp3) is 0.143. The van der Waals surface area contributed by atoms with Crippen LogP contribution in [-0.2, 0) is 0 Å². The van der Waals surface area contributed by atoms with E-state index >= 15 is 0 Å². The quantitative estimate of drug-likeness (QED) is 0.914. The van der Waals surface area contributed by atoms with E-state index in [2.05, 4.69) is 21.4 Å². The summed E-state index contributed by atoms with van der Waals surface area (Å²) in [7, 11) is 1.51. The van der Waals surface area contributed by atoms with Gasteiger partial charge in [-0.3, -0.25) is 0 Å². The molecule has 20 heavy (non-hydrogen) atoms. The van der Waals surface area contributed by atoms with Gasteiger partial charge in [-0.15, -0.1) is 0 Å². The van der Waals surface area contributed by atoms with Gasteiger partial charge in [0.2, 0.25) is 5.95 Å². The Kier molecular flexibility index (Phi) is 3.78. The van der Waals surface area contributed by atoms with Crippen molar-refractivity contribution in [3.05, 3.63) is 41.2 Å². The summed E-state index contributed by atoms with van der Waals surface area (Å²) in [5, 5.41) is 21.0. The van der Waals surface area contributed by atoms with E-state index in [-0.39, 0.29) is 11.6 Å². The Morgan fingerprint density at radius 1 is 1.20 bits per heavy atom. The van der Waals surface area contributed by atoms with E-state index in [1.54, 1.807) is 31.2 Å². The van der Waals surface area contributed by atoms with Gasteiger partial charge in [-0.1, -0.05) is 6.07 Å². The van der Waals surface area contributed by atoms with Crippen LogP contribution in [0.2, 0.25) is 0 Å². The third kappa shape index (κ3) is 2.65. The van der Waals surface area contributed by atoms with Crippen molar-refractivity contribution in [1.29, 1.82) is 10.5 Å². The molecular weight excluding hydrogens is 254 g/mol. The average molecular weight is 265 g/mol. The monoisotopic (exact) mass is 265 g/mol. The molecular formula is C14H11N5O. The molecule has 1 N–H and O–H groups in total. The molecule has 6 nitrogen and oxygen atoms in total. The number of anilines is 2. The van der Waals surface area contributed by atoms with Gasteiger partial charge in [0.15, 0.2) is 0 Å². The van der Waals surface area contributed by atoms with Crippen molar-refractivity contribution in [2.45, 2.75) is 6.92 Å². The number of rotatable bonds is 3. The van der Waals surface area contributed by atoms with Gasteiger partial charge >= 0.3 is 0 Å². The molecule has 0 unspecified atom stereocenters. The molecule has 0 saturated heterocycles. The van der Waals surface area contributed by atoms with Crippen molar-refractivity contribution in [2.75, 3.05) is 12.4 Å². The molecule has 1 aromatic carbocycles. The third-order valence-electron chi connectivity index (χ3n) is 2.57. The summed E-state index contributed by atoms with van der Waals surface area (Å²) in [6.45, 7) is 1.77. The van der Waals surface area contributed by atoms with Gasteiger partial charge in [-0.05, 0) is 25.1 Å². The molecule has 0 aliphatic carbocycles. The minimum Gasteiger partial charge on any atom is -0.495 e. The molecule has 0 aliphatic rings. The number of benzene rings is 1. The van der Waals surface area contributed by atoms with E-state index < -0.39 is 0 Å². The fourth-order valence-corrected chi connectivity index (χ4v) is 1.72. The van der Waals surface area contributed by atoms with Crippen molar-refractivity contribution in [3.63, 3.8) is 0 Å². The highest BCUT2D eigenvalue weighted by Crippen LogP contribution is 2.29. The minimum absolute atomic E-state index is 0.252. The van der Waals surface area contributed by atoms with E-state index in [1.165, 1.54) is 7.11 Å². The number of hydrogen-bond donors (Lipinski definition) is 1. The molecule has 0 fully saturated rings. The van der Waals surface area contributed by atoms with Crippen LogP contribution in [0.1, 0.15) is 17.0 Å². The summed E-state index contributed by atoms with van der Waals surface area (Å²) >= 11 is 0. The second kappa shape index (κ2) is 5.68. The van der Waals surface area contributed by atoms with Gasteiger partial charge in [0.05, 0.1) is 12.7 Å². The van der Waals surface area contributed by atoms with Crippen LogP contribution >= 0.6 is 0 Å². The molecule has 6 heteroatoms. The van der Waals surface area contributed by atoms with Crippen molar-refractivity contribution >= 4 is 11.6 Å². The molecule has 0 atom stereocenters. The minimum atomic E-state index is 0.252. The van der Waals surface area contributed by atoms with Gasteiger partial charge < -0.3 is 10.1 Å². The summed E-state index contributed by atoms with van der Waals surface area (Å²) in [5.74, 6) is 0.759. The topological polar surface area (TPSA) is 94.6 Å². The summed E-state index contributed by atoms with van der Waals surface area (Å²) in [5.41, 5.74) is 1.81. The van der Waals surface area contributed by atoms with Gasteiger partial charge in [0.25, 0.3) is 0 Å². The molecule has 0 amide bonds. The maximum Gasteiger partial charge on any atom is 0.228 e. The summed E-state index contributed by atoms with van der Waals surface area (Å²) in [6, 6.07) is 10.7. The number of methoxy groups -OCH3 is 1. The van der Waals surface area contributed by atoms with E-state index in [0.29, 0.717) is 22.7 Å². The first-order valence-corrected chi connectivity index (χ1v) is 5.78. The lowest BCUT2D eigenvalue weighted by atomic mass is 10.2. The molecule has 1 heterocycles. The molecule has 0 bridgehead atoms. The van der Waals surface area contributed by atoms with Crippen molar-refractivity contribution < 1.29 is 4.74 Å². The van der Waals surface area contributed by atoms with Crippen LogP contribution < -0.4 is 10.1 Å². The molecule has 0 aliphatic heterocycles. The third-order valence-corrected chi connectivity index (χ3v) is 2.57. The van der Waals surface area contributed by atoms with Crippen molar-refractivity contribution in [3.8, 4) is 17.9 Å². The molecule has 1 aromatic heterocycles. The first-order valence-electron chi connectivity index (χ1n) is 5.78. The van der Waals surface area contributed by atoms with E-state index in [9.17, 15) is 0 Å². The Morgan fingerprint density at radius 3 is 2.65 bits per heavy atom. The average Bonchev–Trinajstić information content (AvgIpc) is 2.46. The molecule has 2 rings (SSSR count). The number of nitrogens with zero attached hydrogens (tertiary/aromatic N) is 4. The first kappa shape index (κ1) is 13.3. The zero-order chi connectivity index (χ0) is 14.5. The highest BCUT2D eigenvalue weighted by Gasteiger charge is 2.11. The van der Waals surface area contributed by atoms with Gasteiger partial charge in [0, 0.05) is 5.69 Å². The lowest BCUT2D eigenvalue weighted by molar-refractivity contribution is 0.416. The van der Waals surface area contributed by atoms with Crippen molar-refractivity contribution in [1.82, 2.24) is 9.97 Å². The summed E-state index contributed by atoms with van der Waals surface area (Å²) < 4.78 is 5.21. The summed E-state index contributed by atoms with van der Waals surface area (Å²) in [4.78, 5) is 8.24. The number of aromatic nitrogens is 2.